The van der Waals surface area contributed by atoms with Crippen molar-refractivity contribution in [3.63, 3.8) is 0 Å². The van der Waals surface area contributed by atoms with Gasteiger partial charge in [-0.25, -0.2) is 18.4 Å². The minimum Gasteiger partial charge on any atom is -0.389 e. The van der Waals surface area contributed by atoms with E-state index in [2.05, 4.69) is 20.4 Å². The molecule has 0 bridgehead atoms. The summed E-state index contributed by atoms with van der Waals surface area (Å²) in [6.07, 6.45) is 4.51. The Morgan fingerprint density at radius 3 is 2.76 bits per heavy atom. The SMILES string of the molecule is Cn1ccnc1CS(=O)(=O)c1ccc(/C(=N\O[C@@H]2CCOC2)C(=O)Nc2ncc(F)s2)cc1. The van der Waals surface area contributed by atoms with Crippen LogP contribution in [-0.2, 0) is 37.0 Å². The fraction of sp³-hybridized carbons (Fsp3) is 0.300. The average molecular weight is 494 g/mol. The number of anilines is 1. The number of aryl methyl sites for hydroxylation is 1. The van der Waals surface area contributed by atoms with Crippen LogP contribution in [0.3, 0.4) is 0 Å². The van der Waals surface area contributed by atoms with Crippen molar-refractivity contribution < 1.29 is 27.2 Å². The molecular formula is C20H20FN5O5S2. The zero-order valence-corrected chi connectivity index (χ0v) is 19.1. The van der Waals surface area contributed by atoms with Crippen molar-refractivity contribution in [2.24, 2.45) is 12.2 Å². The quantitative estimate of drug-likeness (QED) is 0.376. The van der Waals surface area contributed by atoms with Crippen molar-refractivity contribution in [1.29, 1.82) is 0 Å². The fourth-order valence-corrected chi connectivity index (χ4v) is 4.90. The molecule has 1 saturated heterocycles. The molecule has 3 heterocycles. The molecule has 1 fully saturated rings. The highest BCUT2D eigenvalue weighted by molar-refractivity contribution is 7.90. The molecule has 1 amide bonds. The van der Waals surface area contributed by atoms with Crippen LogP contribution in [0.15, 0.2) is 52.9 Å². The summed E-state index contributed by atoms with van der Waals surface area (Å²) in [5.41, 5.74) is 0.213. The Kier molecular flexibility index (Phi) is 6.81. The number of benzene rings is 1. The number of oxime groups is 1. The second-order valence-electron chi connectivity index (χ2n) is 7.19. The van der Waals surface area contributed by atoms with E-state index in [1.165, 1.54) is 30.5 Å². The molecule has 3 aromatic rings. The lowest BCUT2D eigenvalue weighted by Gasteiger charge is -2.10. The zero-order valence-electron chi connectivity index (χ0n) is 17.5. The van der Waals surface area contributed by atoms with Gasteiger partial charge in [0.2, 0.25) is 0 Å². The van der Waals surface area contributed by atoms with Gasteiger partial charge in [0.25, 0.3) is 5.91 Å². The van der Waals surface area contributed by atoms with Crippen LogP contribution in [-0.4, -0.2) is 53.9 Å². The van der Waals surface area contributed by atoms with Crippen molar-refractivity contribution in [3.8, 4) is 0 Å². The molecule has 2 aromatic heterocycles. The predicted molar refractivity (Wildman–Crippen MR) is 118 cm³/mol. The molecule has 174 valence electrons. The first-order chi connectivity index (χ1) is 15.8. The van der Waals surface area contributed by atoms with Crippen molar-refractivity contribution in [3.05, 3.63) is 59.4 Å². The molecule has 0 spiro atoms. The number of rotatable bonds is 8. The molecule has 0 radical (unpaired) electrons. The largest absolute Gasteiger partial charge is 0.389 e. The van der Waals surface area contributed by atoms with Gasteiger partial charge in [-0.05, 0) is 12.1 Å². The van der Waals surface area contributed by atoms with E-state index in [4.69, 9.17) is 9.57 Å². The van der Waals surface area contributed by atoms with E-state index in [-0.39, 0.29) is 27.6 Å². The fourth-order valence-electron chi connectivity index (χ4n) is 3.03. The predicted octanol–water partition coefficient (Wildman–Crippen LogP) is 2.14. The monoisotopic (exact) mass is 493 g/mol. The van der Waals surface area contributed by atoms with Crippen LogP contribution in [0.2, 0.25) is 0 Å². The van der Waals surface area contributed by atoms with E-state index in [1.54, 1.807) is 17.8 Å². The highest BCUT2D eigenvalue weighted by atomic mass is 32.2. The summed E-state index contributed by atoms with van der Waals surface area (Å²) >= 11 is 0.668. The Morgan fingerprint density at radius 2 is 2.15 bits per heavy atom. The van der Waals surface area contributed by atoms with E-state index in [9.17, 15) is 17.6 Å². The summed E-state index contributed by atoms with van der Waals surface area (Å²) in [5.74, 6) is -0.534. The number of hydrogen-bond acceptors (Lipinski definition) is 9. The van der Waals surface area contributed by atoms with Gasteiger partial charge in [0, 0.05) is 31.4 Å². The molecule has 0 aliphatic carbocycles. The summed E-state index contributed by atoms with van der Waals surface area (Å²) in [6.45, 7) is 0.878. The topological polar surface area (TPSA) is 125 Å². The van der Waals surface area contributed by atoms with Crippen LogP contribution in [0.1, 0.15) is 17.8 Å². The van der Waals surface area contributed by atoms with Gasteiger partial charge in [-0.2, -0.15) is 4.39 Å². The highest BCUT2D eigenvalue weighted by Crippen LogP contribution is 2.19. The maximum absolute atomic E-state index is 13.2. The van der Waals surface area contributed by atoms with Gasteiger partial charge in [0.15, 0.2) is 31.9 Å². The zero-order chi connectivity index (χ0) is 23.4. The summed E-state index contributed by atoms with van der Waals surface area (Å²) in [5, 5.41) is 5.97. The molecular weight excluding hydrogens is 473 g/mol. The number of hydrogen-bond donors (Lipinski definition) is 1. The van der Waals surface area contributed by atoms with Crippen LogP contribution in [0.25, 0.3) is 0 Å². The second-order valence-corrected chi connectivity index (χ2v) is 10.2. The minimum absolute atomic E-state index is 0.0589. The van der Waals surface area contributed by atoms with E-state index < -0.39 is 20.9 Å². The Morgan fingerprint density at radius 1 is 1.36 bits per heavy atom. The lowest BCUT2D eigenvalue weighted by atomic mass is 10.1. The van der Waals surface area contributed by atoms with Gasteiger partial charge >= 0.3 is 0 Å². The number of ether oxygens (including phenoxy) is 1. The van der Waals surface area contributed by atoms with Gasteiger partial charge in [-0.15, -0.1) is 0 Å². The molecule has 1 aromatic carbocycles. The number of nitrogens with one attached hydrogen (secondary N) is 1. The number of nitrogens with zero attached hydrogens (tertiary/aromatic N) is 4. The van der Waals surface area contributed by atoms with Crippen molar-refractivity contribution in [2.75, 3.05) is 18.5 Å². The van der Waals surface area contributed by atoms with E-state index in [0.29, 0.717) is 42.4 Å². The molecule has 0 saturated carbocycles. The van der Waals surface area contributed by atoms with Gasteiger partial charge in [-0.3, -0.25) is 10.1 Å². The van der Waals surface area contributed by atoms with Gasteiger partial charge in [0.05, 0.1) is 24.3 Å². The molecule has 1 aliphatic heterocycles. The lowest BCUT2D eigenvalue weighted by Crippen LogP contribution is -2.25. The Hall–Kier alpha value is -3.16. The normalized spacial score (nSPS) is 16.7. The molecule has 1 atom stereocenters. The molecule has 1 N–H and O–H groups in total. The van der Waals surface area contributed by atoms with E-state index >= 15 is 0 Å². The molecule has 13 heteroatoms. The average Bonchev–Trinajstić information content (AvgIpc) is 3.53. The minimum atomic E-state index is -3.66. The van der Waals surface area contributed by atoms with Crippen molar-refractivity contribution in [2.45, 2.75) is 23.2 Å². The number of amides is 1. The Balaban J connectivity index is 1.57. The number of sulfone groups is 1. The highest BCUT2D eigenvalue weighted by Gasteiger charge is 2.23. The maximum Gasteiger partial charge on any atom is 0.280 e. The van der Waals surface area contributed by atoms with Crippen molar-refractivity contribution in [1.82, 2.24) is 14.5 Å². The number of thiazole rings is 1. The third-order valence-electron chi connectivity index (χ3n) is 4.82. The molecule has 0 unspecified atom stereocenters. The molecule has 33 heavy (non-hydrogen) atoms. The van der Waals surface area contributed by atoms with Crippen LogP contribution in [0, 0.1) is 5.13 Å². The van der Waals surface area contributed by atoms with Crippen LogP contribution in [0.5, 0.6) is 0 Å². The van der Waals surface area contributed by atoms with E-state index in [0.717, 1.165) is 6.20 Å². The Bertz CT molecular complexity index is 1260. The second kappa shape index (κ2) is 9.77. The molecule has 4 rings (SSSR count). The first-order valence-electron chi connectivity index (χ1n) is 9.85. The first kappa shape index (κ1) is 23.0. The summed E-state index contributed by atoms with van der Waals surface area (Å²) in [4.78, 5) is 26.2. The van der Waals surface area contributed by atoms with Gasteiger partial charge in [-0.1, -0.05) is 28.6 Å². The third kappa shape index (κ3) is 5.61. The van der Waals surface area contributed by atoms with Crippen LogP contribution in [0.4, 0.5) is 9.52 Å². The number of imidazole rings is 1. The van der Waals surface area contributed by atoms with Crippen LogP contribution >= 0.6 is 11.3 Å². The Labute approximate surface area is 193 Å². The number of halogens is 1. The first-order valence-corrected chi connectivity index (χ1v) is 12.3. The summed E-state index contributed by atoms with van der Waals surface area (Å²) in [7, 11) is -1.95. The third-order valence-corrected chi connectivity index (χ3v) is 7.15. The molecule has 1 aliphatic rings. The lowest BCUT2D eigenvalue weighted by molar-refractivity contribution is -0.110. The number of carbonyl (C=O) groups excluding carboxylic acids is 1. The number of carbonyl (C=O) groups is 1. The van der Waals surface area contributed by atoms with E-state index in [1.807, 2.05) is 0 Å². The van der Waals surface area contributed by atoms with Gasteiger partial charge < -0.3 is 14.1 Å². The maximum atomic E-state index is 13.2. The van der Waals surface area contributed by atoms with Gasteiger partial charge in [0.1, 0.15) is 11.6 Å². The summed E-state index contributed by atoms with van der Waals surface area (Å²) in [6, 6.07) is 5.69. The standard InChI is InChI=1S/C20H20FN5O5S2/c1-26-8-7-22-17(26)12-33(28,29)15-4-2-13(3-5-15)18(25-31-14-6-9-30-11-14)19(27)24-20-23-10-16(21)32-20/h2-5,7-8,10,14H,6,9,11-12H2,1H3,(H,23,24,27)/b25-18+/t14-/m1/s1. The number of aromatic nitrogens is 3. The molecule has 10 nitrogen and oxygen atoms in total. The van der Waals surface area contributed by atoms with Crippen molar-refractivity contribution >= 4 is 37.9 Å². The van der Waals surface area contributed by atoms with Crippen LogP contribution < -0.4 is 5.32 Å². The summed E-state index contributed by atoms with van der Waals surface area (Å²) < 4.78 is 45.6. The smallest absolute Gasteiger partial charge is 0.280 e.